The van der Waals surface area contributed by atoms with Gasteiger partial charge in [0.1, 0.15) is 0 Å². The number of aryl methyl sites for hydroxylation is 1. The maximum Gasteiger partial charge on any atom is 0.307 e. The first kappa shape index (κ1) is 15.0. The number of amides is 1. The van der Waals surface area contributed by atoms with Crippen molar-refractivity contribution in [2.24, 2.45) is 0 Å². The topological polar surface area (TPSA) is 55.4 Å². The first-order valence-corrected chi connectivity index (χ1v) is 6.27. The standard InChI is InChI=1S/C15H19NO3/c1-3-12-4-6-13(7-5-12)8-9-14(17)16-11-10-15(18)19-2/h4-9H,3,10-11H2,1-2H3,(H,16,17). The normalized spacial score (nSPS) is 10.4. The molecule has 0 atom stereocenters. The second kappa shape index (κ2) is 8.08. The average molecular weight is 261 g/mol. The van der Waals surface area contributed by atoms with Crippen molar-refractivity contribution in [3.05, 3.63) is 41.5 Å². The van der Waals surface area contributed by atoms with Gasteiger partial charge >= 0.3 is 5.97 Å². The van der Waals surface area contributed by atoms with Gasteiger partial charge < -0.3 is 10.1 Å². The monoisotopic (exact) mass is 261 g/mol. The van der Waals surface area contributed by atoms with E-state index in [0.29, 0.717) is 0 Å². The van der Waals surface area contributed by atoms with Gasteiger partial charge in [-0.05, 0) is 23.6 Å². The van der Waals surface area contributed by atoms with Gasteiger partial charge in [0.05, 0.1) is 13.5 Å². The van der Waals surface area contributed by atoms with Crippen LogP contribution in [0.15, 0.2) is 30.3 Å². The second-order valence-electron chi connectivity index (χ2n) is 4.05. The van der Waals surface area contributed by atoms with Gasteiger partial charge in [0.25, 0.3) is 0 Å². The lowest BCUT2D eigenvalue weighted by atomic mass is 10.1. The summed E-state index contributed by atoms with van der Waals surface area (Å²) in [6, 6.07) is 8.01. The lowest BCUT2D eigenvalue weighted by Gasteiger charge is -2.01. The number of hydrogen-bond acceptors (Lipinski definition) is 3. The molecule has 0 heterocycles. The van der Waals surface area contributed by atoms with Crippen molar-refractivity contribution in [3.8, 4) is 0 Å². The number of benzene rings is 1. The predicted octanol–water partition coefficient (Wildman–Crippen LogP) is 1.94. The van der Waals surface area contributed by atoms with Gasteiger partial charge in [-0.25, -0.2) is 0 Å². The predicted molar refractivity (Wildman–Crippen MR) is 74.5 cm³/mol. The third-order valence-corrected chi connectivity index (χ3v) is 2.67. The maximum absolute atomic E-state index is 11.5. The lowest BCUT2D eigenvalue weighted by molar-refractivity contribution is -0.140. The van der Waals surface area contributed by atoms with Crippen LogP contribution in [-0.2, 0) is 20.7 Å². The highest BCUT2D eigenvalue weighted by atomic mass is 16.5. The van der Waals surface area contributed by atoms with Crippen molar-refractivity contribution in [3.63, 3.8) is 0 Å². The molecule has 102 valence electrons. The van der Waals surface area contributed by atoms with Crippen molar-refractivity contribution in [1.82, 2.24) is 5.32 Å². The fraction of sp³-hybridized carbons (Fsp3) is 0.333. The molecule has 0 radical (unpaired) electrons. The lowest BCUT2D eigenvalue weighted by Crippen LogP contribution is -2.24. The molecule has 4 nitrogen and oxygen atoms in total. The quantitative estimate of drug-likeness (QED) is 0.629. The maximum atomic E-state index is 11.5. The van der Waals surface area contributed by atoms with E-state index in [1.165, 1.54) is 18.7 Å². The highest BCUT2D eigenvalue weighted by Gasteiger charge is 2.00. The van der Waals surface area contributed by atoms with Gasteiger partial charge in [-0.3, -0.25) is 9.59 Å². The first-order valence-electron chi connectivity index (χ1n) is 6.27. The van der Waals surface area contributed by atoms with E-state index < -0.39 is 0 Å². The number of ether oxygens (including phenoxy) is 1. The second-order valence-corrected chi connectivity index (χ2v) is 4.05. The van der Waals surface area contributed by atoms with Crippen molar-refractivity contribution in [2.45, 2.75) is 19.8 Å². The molecule has 1 aromatic rings. The van der Waals surface area contributed by atoms with Gasteiger partial charge in [-0.2, -0.15) is 0 Å². The van der Waals surface area contributed by atoms with Crippen molar-refractivity contribution >= 4 is 18.0 Å². The van der Waals surface area contributed by atoms with Crippen LogP contribution in [0.1, 0.15) is 24.5 Å². The highest BCUT2D eigenvalue weighted by Crippen LogP contribution is 2.06. The number of rotatable bonds is 6. The number of nitrogens with one attached hydrogen (secondary N) is 1. The number of carbonyl (C=O) groups is 2. The fourth-order valence-electron chi connectivity index (χ4n) is 1.49. The van der Waals surface area contributed by atoms with E-state index in [2.05, 4.69) is 17.0 Å². The summed E-state index contributed by atoms with van der Waals surface area (Å²) >= 11 is 0. The molecule has 1 amide bonds. The van der Waals surface area contributed by atoms with E-state index in [9.17, 15) is 9.59 Å². The van der Waals surface area contributed by atoms with Crippen LogP contribution in [0.5, 0.6) is 0 Å². The molecule has 0 spiro atoms. The van der Waals surface area contributed by atoms with Gasteiger partial charge in [0, 0.05) is 12.6 Å². The minimum atomic E-state index is -0.334. The molecule has 1 rings (SSSR count). The van der Waals surface area contributed by atoms with Crippen LogP contribution in [0, 0.1) is 0 Å². The molecule has 0 unspecified atom stereocenters. The van der Waals surface area contributed by atoms with Crippen LogP contribution >= 0.6 is 0 Å². The summed E-state index contributed by atoms with van der Waals surface area (Å²) in [4.78, 5) is 22.3. The van der Waals surface area contributed by atoms with E-state index in [-0.39, 0.29) is 24.8 Å². The Labute approximate surface area is 113 Å². The van der Waals surface area contributed by atoms with Gasteiger partial charge in [-0.1, -0.05) is 31.2 Å². The molecule has 0 aliphatic rings. The van der Waals surface area contributed by atoms with Crippen molar-refractivity contribution < 1.29 is 14.3 Å². The number of carbonyl (C=O) groups excluding carboxylic acids is 2. The SMILES string of the molecule is CCc1ccc(C=CC(=O)NCCC(=O)OC)cc1. The van der Waals surface area contributed by atoms with Crippen LogP contribution < -0.4 is 5.32 Å². The van der Waals surface area contributed by atoms with E-state index in [0.717, 1.165) is 12.0 Å². The molecule has 0 fully saturated rings. The zero-order valence-electron chi connectivity index (χ0n) is 11.3. The molecular weight excluding hydrogens is 242 g/mol. The number of methoxy groups -OCH3 is 1. The summed E-state index contributed by atoms with van der Waals surface area (Å²) in [5.74, 6) is -0.553. The summed E-state index contributed by atoms with van der Waals surface area (Å²) in [5.41, 5.74) is 2.24. The Morgan fingerprint density at radius 2 is 1.95 bits per heavy atom. The summed E-state index contributed by atoms with van der Waals surface area (Å²) in [5, 5.41) is 2.61. The largest absolute Gasteiger partial charge is 0.469 e. The van der Waals surface area contributed by atoms with E-state index in [1.54, 1.807) is 6.08 Å². The van der Waals surface area contributed by atoms with Crippen LogP contribution in [0.3, 0.4) is 0 Å². The van der Waals surface area contributed by atoms with E-state index in [4.69, 9.17) is 0 Å². The summed E-state index contributed by atoms with van der Waals surface area (Å²) in [6.07, 6.45) is 4.38. The molecule has 0 saturated carbocycles. The first-order chi connectivity index (χ1) is 9.15. The molecule has 0 bridgehead atoms. The molecule has 4 heteroatoms. The van der Waals surface area contributed by atoms with Crippen molar-refractivity contribution in [2.75, 3.05) is 13.7 Å². The third kappa shape index (κ3) is 5.86. The van der Waals surface area contributed by atoms with Crippen LogP contribution in [0.4, 0.5) is 0 Å². The molecule has 0 aliphatic heterocycles. The zero-order valence-corrected chi connectivity index (χ0v) is 11.3. The third-order valence-electron chi connectivity index (χ3n) is 2.67. The Morgan fingerprint density at radius 1 is 1.26 bits per heavy atom. The summed E-state index contributed by atoms with van der Waals surface area (Å²) in [7, 11) is 1.32. The molecule has 0 aromatic heterocycles. The summed E-state index contributed by atoms with van der Waals surface area (Å²) in [6.45, 7) is 2.38. The molecule has 1 aromatic carbocycles. The molecule has 0 aliphatic carbocycles. The van der Waals surface area contributed by atoms with Crippen LogP contribution in [0.25, 0.3) is 6.08 Å². The smallest absolute Gasteiger partial charge is 0.307 e. The Morgan fingerprint density at radius 3 is 2.53 bits per heavy atom. The zero-order chi connectivity index (χ0) is 14.1. The average Bonchev–Trinajstić information content (AvgIpc) is 2.45. The molecule has 0 saturated heterocycles. The number of hydrogen-bond donors (Lipinski definition) is 1. The van der Waals surface area contributed by atoms with E-state index in [1.807, 2.05) is 24.3 Å². The minimum absolute atomic E-state index is 0.182. The van der Waals surface area contributed by atoms with Gasteiger partial charge in [0.2, 0.25) is 5.91 Å². The molecule has 19 heavy (non-hydrogen) atoms. The fourth-order valence-corrected chi connectivity index (χ4v) is 1.49. The number of esters is 1. The Kier molecular flexibility index (Phi) is 6.36. The van der Waals surface area contributed by atoms with Crippen LogP contribution in [0.2, 0.25) is 0 Å². The Hall–Kier alpha value is -2.10. The van der Waals surface area contributed by atoms with Crippen molar-refractivity contribution in [1.29, 1.82) is 0 Å². The molecular formula is C15H19NO3. The van der Waals surface area contributed by atoms with Gasteiger partial charge in [-0.15, -0.1) is 0 Å². The van der Waals surface area contributed by atoms with Crippen LogP contribution in [-0.4, -0.2) is 25.5 Å². The highest BCUT2D eigenvalue weighted by molar-refractivity contribution is 5.91. The molecule has 1 N–H and O–H groups in total. The minimum Gasteiger partial charge on any atom is -0.469 e. The van der Waals surface area contributed by atoms with Gasteiger partial charge in [0.15, 0.2) is 0 Å². The Balaban J connectivity index is 2.38. The summed E-state index contributed by atoms with van der Waals surface area (Å²) < 4.78 is 4.47. The van der Waals surface area contributed by atoms with E-state index >= 15 is 0 Å². The Bertz CT molecular complexity index is 449.